The highest BCUT2D eigenvalue weighted by Gasteiger charge is 2.11. The number of hydrogen-bond donors (Lipinski definition) is 2. The third-order valence-electron chi connectivity index (χ3n) is 2.88. The number of thiazole rings is 1. The van der Waals surface area contributed by atoms with Gasteiger partial charge in [0.15, 0.2) is 0 Å². The van der Waals surface area contributed by atoms with E-state index in [1.807, 2.05) is 31.2 Å². The largest absolute Gasteiger partial charge is 0.393 e. The molecule has 1 unspecified atom stereocenters. The topological polar surface area (TPSA) is 62.2 Å². The summed E-state index contributed by atoms with van der Waals surface area (Å²) in [5.74, 6) is -0.194. The average Bonchev–Trinajstić information content (AvgIpc) is 2.88. The van der Waals surface area contributed by atoms with Gasteiger partial charge in [-0.3, -0.25) is 4.79 Å². The monoisotopic (exact) mass is 290 g/mol. The Morgan fingerprint density at radius 1 is 1.40 bits per heavy atom. The van der Waals surface area contributed by atoms with E-state index in [9.17, 15) is 4.79 Å². The first kappa shape index (κ1) is 14.7. The molecule has 4 nitrogen and oxygen atoms in total. The van der Waals surface area contributed by atoms with Gasteiger partial charge in [0.1, 0.15) is 10.7 Å². The third-order valence-corrected chi connectivity index (χ3v) is 3.77. The van der Waals surface area contributed by atoms with Gasteiger partial charge in [-0.1, -0.05) is 29.8 Å². The third kappa shape index (κ3) is 3.88. The summed E-state index contributed by atoms with van der Waals surface area (Å²) in [5.41, 5.74) is 2.64. The van der Waals surface area contributed by atoms with Gasteiger partial charge in [0.05, 0.1) is 6.10 Å². The fourth-order valence-corrected chi connectivity index (χ4v) is 2.50. The minimum Gasteiger partial charge on any atom is -0.393 e. The van der Waals surface area contributed by atoms with Crippen LogP contribution in [0.4, 0.5) is 0 Å². The molecule has 5 heteroatoms. The smallest absolute Gasteiger partial charge is 0.270 e. The van der Waals surface area contributed by atoms with E-state index in [4.69, 9.17) is 5.11 Å². The standard InChI is InChI=1S/C15H18N2O2S/c1-10-3-5-12(6-4-10)15-17-13(9-20-15)14(19)16-8-7-11(2)18/h3-6,9,11,18H,7-8H2,1-2H3,(H,16,19). The van der Waals surface area contributed by atoms with Crippen LogP contribution in [0.15, 0.2) is 29.6 Å². The van der Waals surface area contributed by atoms with Crippen LogP contribution in [-0.2, 0) is 0 Å². The molecule has 1 aromatic carbocycles. The number of amides is 1. The molecule has 0 saturated carbocycles. The fraction of sp³-hybridized carbons (Fsp3) is 0.333. The minimum absolute atomic E-state index is 0.194. The number of aryl methyl sites for hydroxylation is 1. The second-order valence-electron chi connectivity index (χ2n) is 4.80. The SMILES string of the molecule is Cc1ccc(-c2nc(C(=O)NCCC(C)O)cs2)cc1. The highest BCUT2D eigenvalue weighted by molar-refractivity contribution is 7.13. The second kappa shape index (κ2) is 6.63. The van der Waals surface area contributed by atoms with Gasteiger partial charge in [-0.15, -0.1) is 11.3 Å². The van der Waals surface area contributed by atoms with Gasteiger partial charge in [0, 0.05) is 17.5 Å². The predicted octanol–water partition coefficient (Wildman–Crippen LogP) is 2.62. The van der Waals surface area contributed by atoms with Crippen molar-refractivity contribution in [3.8, 4) is 10.6 Å². The van der Waals surface area contributed by atoms with Crippen molar-refractivity contribution >= 4 is 17.2 Å². The molecule has 1 aromatic heterocycles. The van der Waals surface area contributed by atoms with Gasteiger partial charge < -0.3 is 10.4 Å². The summed E-state index contributed by atoms with van der Waals surface area (Å²) in [6, 6.07) is 8.06. The molecule has 2 N–H and O–H groups in total. The van der Waals surface area contributed by atoms with Crippen molar-refractivity contribution in [3.63, 3.8) is 0 Å². The molecule has 2 rings (SSSR count). The number of aliphatic hydroxyl groups excluding tert-OH is 1. The first-order valence-electron chi connectivity index (χ1n) is 6.55. The van der Waals surface area contributed by atoms with Crippen molar-refractivity contribution in [2.75, 3.05) is 6.54 Å². The molecule has 0 aliphatic heterocycles. The summed E-state index contributed by atoms with van der Waals surface area (Å²) >= 11 is 1.46. The van der Waals surface area contributed by atoms with Gasteiger partial charge >= 0.3 is 0 Å². The van der Waals surface area contributed by atoms with Gasteiger partial charge in [0.2, 0.25) is 0 Å². The molecule has 1 atom stereocenters. The van der Waals surface area contributed by atoms with Crippen LogP contribution in [0.2, 0.25) is 0 Å². The molecular formula is C15H18N2O2S. The molecule has 1 heterocycles. The minimum atomic E-state index is -0.408. The molecule has 0 aliphatic carbocycles. The predicted molar refractivity (Wildman–Crippen MR) is 80.9 cm³/mol. The van der Waals surface area contributed by atoms with Gasteiger partial charge in [-0.2, -0.15) is 0 Å². The maximum absolute atomic E-state index is 11.9. The number of benzene rings is 1. The Bertz CT molecular complexity index is 576. The van der Waals surface area contributed by atoms with Crippen molar-refractivity contribution in [2.24, 2.45) is 0 Å². The zero-order chi connectivity index (χ0) is 14.5. The number of carbonyl (C=O) groups excluding carboxylic acids is 1. The molecule has 0 spiro atoms. The molecule has 20 heavy (non-hydrogen) atoms. The van der Waals surface area contributed by atoms with E-state index in [1.54, 1.807) is 12.3 Å². The summed E-state index contributed by atoms with van der Waals surface area (Å²) in [7, 11) is 0. The van der Waals surface area contributed by atoms with E-state index in [1.165, 1.54) is 16.9 Å². The van der Waals surface area contributed by atoms with Crippen molar-refractivity contribution in [1.29, 1.82) is 0 Å². The van der Waals surface area contributed by atoms with Crippen molar-refractivity contribution in [2.45, 2.75) is 26.4 Å². The van der Waals surface area contributed by atoms with E-state index in [2.05, 4.69) is 10.3 Å². The Balaban J connectivity index is 2.01. The summed E-state index contributed by atoms with van der Waals surface area (Å²) in [4.78, 5) is 16.2. The van der Waals surface area contributed by atoms with Crippen LogP contribution in [-0.4, -0.2) is 28.6 Å². The lowest BCUT2D eigenvalue weighted by Crippen LogP contribution is -2.26. The molecule has 106 valence electrons. The van der Waals surface area contributed by atoms with Crippen LogP contribution in [0.1, 0.15) is 29.4 Å². The summed E-state index contributed by atoms with van der Waals surface area (Å²) in [6.45, 7) is 4.19. The molecular weight excluding hydrogens is 272 g/mol. The molecule has 0 fully saturated rings. The van der Waals surface area contributed by atoms with E-state index in [0.29, 0.717) is 18.7 Å². The summed E-state index contributed by atoms with van der Waals surface area (Å²) < 4.78 is 0. The lowest BCUT2D eigenvalue weighted by Gasteiger charge is -2.04. The molecule has 0 saturated heterocycles. The van der Waals surface area contributed by atoms with Crippen LogP contribution in [0.3, 0.4) is 0 Å². The number of carbonyl (C=O) groups is 1. The number of aromatic nitrogens is 1. The molecule has 0 radical (unpaired) electrons. The first-order chi connectivity index (χ1) is 9.56. The van der Waals surface area contributed by atoms with E-state index >= 15 is 0 Å². The van der Waals surface area contributed by atoms with Crippen LogP contribution in [0.5, 0.6) is 0 Å². The fourth-order valence-electron chi connectivity index (χ4n) is 1.69. The Morgan fingerprint density at radius 2 is 2.10 bits per heavy atom. The Morgan fingerprint density at radius 3 is 2.75 bits per heavy atom. The van der Waals surface area contributed by atoms with Gasteiger partial charge in [0.25, 0.3) is 5.91 Å². The van der Waals surface area contributed by atoms with Crippen LogP contribution in [0.25, 0.3) is 10.6 Å². The number of rotatable bonds is 5. The molecule has 0 aliphatic rings. The highest BCUT2D eigenvalue weighted by atomic mass is 32.1. The highest BCUT2D eigenvalue weighted by Crippen LogP contribution is 2.23. The van der Waals surface area contributed by atoms with Crippen molar-refractivity contribution < 1.29 is 9.90 Å². The second-order valence-corrected chi connectivity index (χ2v) is 5.66. The maximum Gasteiger partial charge on any atom is 0.270 e. The molecule has 1 amide bonds. The number of aliphatic hydroxyl groups is 1. The lowest BCUT2D eigenvalue weighted by atomic mass is 10.2. The normalized spacial score (nSPS) is 12.2. The Kier molecular flexibility index (Phi) is 4.87. The van der Waals surface area contributed by atoms with Crippen molar-refractivity contribution in [3.05, 3.63) is 40.9 Å². The zero-order valence-corrected chi connectivity index (χ0v) is 12.4. The van der Waals surface area contributed by atoms with Crippen LogP contribution < -0.4 is 5.32 Å². The van der Waals surface area contributed by atoms with Gasteiger partial charge in [-0.05, 0) is 20.3 Å². The summed E-state index contributed by atoms with van der Waals surface area (Å²) in [6.07, 6.45) is 0.134. The average molecular weight is 290 g/mol. The van der Waals surface area contributed by atoms with Crippen LogP contribution >= 0.6 is 11.3 Å². The lowest BCUT2D eigenvalue weighted by molar-refractivity contribution is 0.0941. The number of hydrogen-bond acceptors (Lipinski definition) is 4. The number of nitrogens with one attached hydrogen (secondary N) is 1. The van der Waals surface area contributed by atoms with E-state index in [0.717, 1.165) is 10.6 Å². The summed E-state index contributed by atoms with van der Waals surface area (Å²) in [5, 5.41) is 14.5. The quantitative estimate of drug-likeness (QED) is 0.890. The number of nitrogens with zero attached hydrogens (tertiary/aromatic N) is 1. The van der Waals surface area contributed by atoms with Crippen molar-refractivity contribution in [1.82, 2.24) is 10.3 Å². The first-order valence-corrected chi connectivity index (χ1v) is 7.43. The van der Waals surface area contributed by atoms with Gasteiger partial charge in [-0.25, -0.2) is 4.98 Å². The van der Waals surface area contributed by atoms with E-state index < -0.39 is 6.10 Å². The molecule has 0 bridgehead atoms. The van der Waals surface area contributed by atoms with Crippen LogP contribution in [0, 0.1) is 6.92 Å². The Labute approximate surface area is 122 Å². The van der Waals surface area contributed by atoms with E-state index in [-0.39, 0.29) is 5.91 Å². The Hall–Kier alpha value is -1.72. The zero-order valence-electron chi connectivity index (χ0n) is 11.6. The maximum atomic E-state index is 11.9. The molecule has 2 aromatic rings.